The first-order chi connectivity index (χ1) is 30.1. The molecule has 0 aliphatic carbocycles. The van der Waals surface area contributed by atoms with E-state index in [4.69, 9.17) is 9.47 Å². The Bertz CT molecular complexity index is 2680. The molecule has 17 nitrogen and oxygen atoms in total. The van der Waals surface area contributed by atoms with Crippen LogP contribution in [0.15, 0.2) is 103 Å². The minimum absolute atomic E-state index is 0.0229. The number of aromatic carboxylic acids is 1. The van der Waals surface area contributed by atoms with Gasteiger partial charge >= 0.3 is 5.97 Å². The molecule has 0 aliphatic heterocycles. The van der Waals surface area contributed by atoms with E-state index in [2.05, 4.69) is 26.6 Å². The topological polar surface area (TPSA) is 266 Å². The van der Waals surface area contributed by atoms with Crippen molar-refractivity contribution < 1.29 is 58.0 Å². The van der Waals surface area contributed by atoms with E-state index in [1.165, 1.54) is 86.0 Å². The number of nitriles is 1. The van der Waals surface area contributed by atoms with Gasteiger partial charge in [0.1, 0.15) is 17.4 Å². The van der Waals surface area contributed by atoms with Crippen LogP contribution in [0.25, 0.3) is 5.57 Å². The number of carbonyl (C=O) groups is 6. The van der Waals surface area contributed by atoms with Gasteiger partial charge in [-0.05, 0) is 110 Å². The lowest BCUT2D eigenvalue weighted by molar-refractivity contribution is -0.118. The minimum Gasteiger partial charge on any atom is -0.504 e. The van der Waals surface area contributed by atoms with Crippen LogP contribution in [0.2, 0.25) is 0 Å². The van der Waals surface area contributed by atoms with Crippen molar-refractivity contribution in [1.82, 2.24) is 5.32 Å². The molecule has 0 aliphatic rings. The van der Waals surface area contributed by atoms with Crippen LogP contribution in [0.4, 0.5) is 27.1 Å². The number of methoxy groups -OCH3 is 2. The number of amides is 5. The lowest BCUT2D eigenvalue weighted by atomic mass is 10.0. The number of anilines is 4. The molecular weight excluding hydrogens is 820 g/mol. The molecule has 0 radical (unpaired) electrons. The SMILES string of the molecule is COc1c(NC(=O)c2ccc(NC(=O)c3ccc(NC(=O)C(CC#N)NC(=O)c4ccc(NC(=O)C(C)=C(C)c5ccc(F)cc5)cc4)cc3)c(OC)c2O)ccc(C(=O)O)c1O. The van der Waals surface area contributed by atoms with Crippen molar-refractivity contribution in [3.8, 4) is 29.1 Å². The zero-order valence-electron chi connectivity index (χ0n) is 34.0. The first kappa shape index (κ1) is 45.4. The van der Waals surface area contributed by atoms with E-state index in [1.807, 2.05) is 6.07 Å². The normalized spacial score (nSPS) is 11.4. The number of phenolic OH excluding ortho intramolecular Hbond substituents is 1. The molecule has 5 amide bonds. The largest absolute Gasteiger partial charge is 0.504 e. The number of nitrogens with zero attached hydrogens (tertiary/aromatic N) is 1. The number of nitrogens with one attached hydrogen (secondary N) is 5. The van der Waals surface area contributed by atoms with Crippen molar-refractivity contribution >= 4 is 63.8 Å². The third-order valence-corrected chi connectivity index (χ3v) is 9.56. The van der Waals surface area contributed by atoms with Crippen molar-refractivity contribution in [1.29, 1.82) is 5.26 Å². The zero-order chi connectivity index (χ0) is 46.0. The number of benzene rings is 5. The summed E-state index contributed by atoms with van der Waals surface area (Å²) in [6.07, 6.45) is -0.377. The molecule has 0 aromatic heterocycles. The Kier molecular flexibility index (Phi) is 14.4. The van der Waals surface area contributed by atoms with E-state index in [-0.39, 0.29) is 51.7 Å². The number of carbonyl (C=O) groups excluding carboxylic acids is 5. The Hall–Kier alpha value is -8.72. The van der Waals surface area contributed by atoms with Gasteiger partial charge in [0.2, 0.25) is 5.91 Å². The predicted molar refractivity (Wildman–Crippen MR) is 228 cm³/mol. The van der Waals surface area contributed by atoms with E-state index in [0.717, 1.165) is 13.2 Å². The summed E-state index contributed by atoms with van der Waals surface area (Å²) >= 11 is 0. The number of rotatable bonds is 15. The van der Waals surface area contributed by atoms with Gasteiger partial charge < -0.3 is 51.4 Å². The minimum atomic E-state index is -1.43. The molecule has 1 atom stereocenters. The van der Waals surface area contributed by atoms with Crippen LogP contribution >= 0.6 is 0 Å². The van der Waals surface area contributed by atoms with Gasteiger partial charge in [0.15, 0.2) is 23.0 Å². The number of halogens is 1. The van der Waals surface area contributed by atoms with Crippen LogP contribution in [-0.2, 0) is 9.59 Å². The zero-order valence-corrected chi connectivity index (χ0v) is 34.0. The Balaban J connectivity index is 1.19. The number of aromatic hydroxyl groups is 2. The smallest absolute Gasteiger partial charge is 0.339 e. The van der Waals surface area contributed by atoms with Crippen molar-refractivity contribution in [2.45, 2.75) is 26.3 Å². The van der Waals surface area contributed by atoms with Crippen molar-refractivity contribution in [3.63, 3.8) is 0 Å². The first-order valence-corrected chi connectivity index (χ1v) is 18.7. The second-order valence-electron chi connectivity index (χ2n) is 13.5. The predicted octanol–water partition coefficient (Wildman–Crippen LogP) is 6.54. The van der Waals surface area contributed by atoms with Gasteiger partial charge in [0.25, 0.3) is 23.6 Å². The maximum atomic E-state index is 13.3. The molecular formula is C45H39FN6O11. The second-order valence-corrected chi connectivity index (χ2v) is 13.5. The summed E-state index contributed by atoms with van der Waals surface area (Å²) in [5.74, 6) is -7.17. The van der Waals surface area contributed by atoms with Crippen molar-refractivity contribution in [2.75, 3.05) is 35.5 Å². The molecule has 63 heavy (non-hydrogen) atoms. The molecule has 18 heteroatoms. The highest BCUT2D eigenvalue weighted by molar-refractivity contribution is 6.11. The maximum absolute atomic E-state index is 13.3. The van der Waals surface area contributed by atoms with E-state index in [1.54, 1.807) is 26.0 Å². The summed E-state index contributed by atoms with van der Waals surface area (Å²) in [5, 5.41) is 52.7. The number of ether oxygens (including phenoxy) is 2. The summed E-state index contributed by atoms with van der Waals surface area (Å²) in [6.45, 7) is 3.37. The van der Waals surface area contributed by atoms with Crippen molar-refractivity contribution in [2.24, 2.45) is 0 Å². The van der Waals surface area contributed by atoms with Crippen LogP contribution in [0.3, 0.4) is 0 Å². The summed E-state index contributed by atoms with van der Waals surface area (Å²) in [5.41, 5.74) is 1.69. The van der Waals surface area contributed by atoms with Crippen LogP contribution < -0.4 is 36.1 Å². The Labute approximate surface area is 358 Å². The van der Waals surface area contributed by atoms with E-state index in [0.29, 0.717) is 22.4 Å². The number of hydrogen-bond acceptors (Lipinski definition) is 11. The van der Waals surface area contributed by atoms with Gasteiger partial charge in [-0.15, -0.1) is 0 Å². The van der Waals surface area contributed by atoms with E-state index >= 15 is 0 Å². The molecule has 0 heterocycles. The highest BCUT2D eigenvalue weighted by Crippen LogP contribution is 2.40. The van der Waals surface area contributed by atoms with Gasteiger partial charge in [0.05, 0.1) is 43.6 Å². The Morgan fingerprint density at radius 1 is 0.635 bits per heavy atom. The summed E-state index contributed by atoms with van der Waals surface area (Å²) in [6, 6.07) is 22.5. The van der Waals surface area contributed by atoms with Gasteiger partial charge in [-0.25, -0.2) is 9.18 Å². The lowest BCUT2D eigenvalue weighted by Crippen LogP contribution is -2.43. The highest BCUT2D eigenvalue weighted by Gasteiger charge is 2.25. The third kappa shape index (κ3) is 10.7. The average Bonchev–Trinajstić information content (AvgIpc) is 3.26. The van der Waals surface area contributed by atoms with Gasteiger partial charge in [-0.1, -0.05) is 12.1 Å². The first-order valence-electron chi connectivity index (χ1n) is 18.7. The fraction of sp³-hybridized carbons (Fsp3) is 0.133. The van der Waals surface area contributed by atoms with Crippen LogP contribution in [-0.4, -0.2) is 71.1 Å². The molecule has 5 aromatic rings. The average molecular weight is 859 g/mol. The second kappa shape index (κ2) is 20.0. The van der Waals surface area contributed by atoms with Gasteiger partial charge in [-0.2, -0.15) is 5.26 Å². The molecule has 8 N–H and O–H groups in total. The van der Waals surface area contributed by atoms with Crippen LogP contribution in [0, 0.1) is 17.1 Å². The maximum Gasteiger partial charge on any atom is 0.339 e. The van der Waals surface area contributed by atoms with Crippen LogP contribution in [0.5, 0.6) is 23.0 Å². The lowest BCUT2D eigenvalue weighted by Gasteiger charge is -2.17. The van der Waals surface area contributed by atoms with Crippen molar-refractivity contribution in [3.05, 3.63) is 136 Å². The molecule has 5 aromatic carbocycles. The molecule has 0 bridgehead atoms. The molecule has 0 saturated heterocycles. The quantitative estimate of drug-likeness (QED) is 0.0522. The number of phenols is 2. The highest BCUT2D eigenvalue weighted by atomic mass is 19.1. The molecule has 0 saturated carbocycles. The number of carboxylic acids is 1. The van der Waals surface area contributed by atoms with E-state index in [9.17, 15) is 53.7 Å². The van der Waals surface area contributed by atoms with Crippen LogP contribution in [0.1, 0.15) is 67.3 Å². The summed E-state index contributed by atoms with van der Waals surface area (Å²) in [4.78, 5) is 76.8. The summed E-state index contributed by atoms with van der Waals surface area (Å²) in [7, 11) is 2.35. The molecule has 0 spiro atoms. The molecule has 322 valence electrons. The van der Waals surface area contributed by atoms with Gasteiger partial charge in [-0.3, -0.25) is 24.0 Å². The monoisotopic (exact) mass is 858 g/mol. The Morgan fingerprint density at radius 2 is 1.11 bits per heavy atom. The van der Waals surface area contributed by atoms with E-state index < -0.39 is 64.4 Å². The fourth-order valence-corrected chi connectivity index (χ4v) is 5.99. The molecule has 1 unspecified atom stereocenters. The number of allylic oxidation sites excluding steroid dienone is 1. The summed E-state index contributed by atoms with van der Waals surface area (Å²) < 4.78 is 23.7. The van der Waals surface area contributed by atoms with Gasteiger partial charge in [0, 0.05) is 28.1 Å². The third-order valence-electron chi connectivity index (χ3n) is 9.56. The Morgan fingerprint density at radius 3 is 1.63 bits per heavy atom. The molecule has 0 fully saturated rings. The standard InChI is InChI=1S/C45H39FN6O11/c1-23(25-5-11-28(46)12-6-25)24(2)40(55)48-29-13-7-27(8-14-29)42(57)52-35(21-22-47)44(59)49-30-15-9-26(10-16-30)41(56)50-33-19-17-31(36(53)38(33)62-3)43(58)51-34-20-18-32(45(60)61)37(54)39(34)63-4/h5-20,35,53-54H,21H2,1-4H3,(H,48,55)(H,49,59)(H,50,56)(H,51,58)(H,52,57)(H,60,61). The molecule has 5 rings (SSSR count). The fourth-order valence-electron chi connectivity index (χ4n) is 5.99. The number of carboxylic acid groups (broad SMARTS) is 1. The number of hydrogen-bond donors (Lipinski definition) is 8.